The van der Waals surface area contributed by atoms with Crippen molar-refractivity contribution in [3.8, 4) is 5.75 Å². The molecule has 0 saturated carbocycles. The third kappa shape index (κ3) is 10.6. The van der Waals surface area contributed by atoms with Crippen LogP contribution in [0.25, 0.3) is 12.2 Å². The number of ether oxygens (including phenoxy) is 4. The van der Waals surface area contributed by atoms with Crippen LogP contribution in [-0.2, 0) is 14.2 Å². The van der Waals surface area contributed by atoms with Gasteiger partial charge in [-0.05, 0) is 62.6 Å². The van der Waals surface area contributed by atoms with Crippen molar-refractivity contribution in [2.75, 3.05) is 45.0 Å². The summed E-state index contributed by atoms with van der Waals surface area (Å²) >= 11 is 0. The van der Waals surface area contributed by atoms with E-state index in [4.69, 9.17) is 18.9 Å². The Labute approximate surface area is 198 Å². The van der Waals surface area contributed by atoms with Crippen LogP contribution in [0.2, 0.25) is 0 Å². The molecule has 0 bridgehead atoms. The molecular weight excluding hydrogens is 418 g/mol. The summed E-state index contributed by atoms with van der Waals surface area (Å²) in [5, 5.41) is 0. The van der Waals surface area contributed by atoms with Crippen molar-refractivity contribution in [3.05, 3.63) is 59.7 Å². The zero-order chi connectivity index (χ0) is 24.1. The number of rotatable bonds is 12. The molecule has 180 valence electrons. The molecule has 6 nitrogen and oxygen atoms in total. The molecule has 2 rings (SSSR count). The molecule has 0 atom stereocenters. The molecule has 0 N–H and O–H groups in total. The predicted molar refractivity (Wildman–Crippen MR) is 134 cm³/mol. The molecule has 0 aliphatic carbocycles. The van der Waals surface area contributed by atoms with Crippen molar-refractivity contribution in [1.29, 1.82) is 0 Å². The highest BCUT2D eigenvalue weighted by Gasteiger charge is 2.20. The average molecular weight is 456 g/mol. The molecule has 0 aliphatic rings. The SMILES string of the molecule is CCCOCCOCCOc1ccc(/C=C/c2ccc(N(C)C(=O)OC(C)(C)C)cc2)cc1. The van der Waals surface area contributed by atoms with Crippen LogP contribution in [0.3, 0.4) is 0 Å². The van der Waals surface area contributed by atoms with Gasteiger partial charge in [-0.15, -0.1) is 0 Å². The molecule has 0 radical (unpaired) electrons. The van der Waals surface area contributed by atoms with Gasteiger partial charge in [0.25, 0.3) is 0 Å². The number of hydrogen-bond acceptors (Lipinski definition) is 5. The average Bonchev–Trinajstić information content (AvgIpc) is 2.79. The van der Waals surface area contributed by atoms with Gasteiger partial charge in [-0.2, -0.15) is 0 Å². The van der Waals surface area contributed by atoms with E-state index in [-0.39, 0.29) is 6.09 Å². The lowest BCUT2D eigenvalue weighted by molar-refractivity contribution is 0.0366. The summed E-state index contributed by atoms with van der Waals surface area (Å²) in [5.41, 5.74) is 2.37. The van der Waals surface area contributed by atoms with Gasteiger partial charge in [0.05, 0.1) is 19.8 Å². The lowest BCUT2D eigenvalue weighted by atomic mass is 10.1. The van der Waals surface area contributed by atoms with E-state index in [0.717, 1.165) is 35.6 Å². The zero-order valence-electron chi connectivity index (χ0n) is 20.5. The van der Waals surface area contributed by atoms with Crippen LogP contribution in [0.4, 0.5) is 10.5 Å². The van der Waals surface area contributed by atoms with E-state index in [2.05, 4.69) is 6.92 Å². The molecule has 2 aromatic carbocycles. The lowest BCUT2D eigenvalue weighted by Crippen LogP contribution is -2.34. The number of hydrogen-bond donors (Lipinski definition) is 0. The number of nitrogens with zero attached hydrogens (tertiary/aromatic N) is 1. The topological polar surface area (TPSA) is 57.2 Å². The molecule has 0 aromatic heterocycles. The smallest absolute Gasteiger partial charge is 0.414 e. The van der Waals surface area contributed by atoms with Crippen LogP contribution in [-0.4, -0.2) is 51.8 Å². The van der Waals surface area contributed by atoms with E-state index in [9.17, 15) is 4.79 Å². The molecule has 0 fully saturated rings. The van der Waals surface area contributed by atoms with Crippen molar-refractivity contribution < 1.29 is 23.7 Å². The maximum absolute atomic E-state index is 12.2. The molecule has 0 spiro atoms. The van der Waals surface area contributed by atoms with Gasteiger partial charge in [-0.25, -0.2) is 4.79 Å². The van der Waals surface area contributed by atoms with Gasteiger partial charge in [0.2, 0.25) is 0 Å². The van der Waals surface area contributed by atoms with Crippen LogP contribution >= 0.6 is 0 Å². The second-order valence-corrected chi connectivity index (χ2v) is 8.61. The minimum Gasteiger partial charge on any atom is -0.491 e. The maximum Gasteiger partial charge on any atom is 0.414 e. The Morgan fingerprint density at radius 3 is 1.88 bits per heavy atom. The highest BCUT2D eigenvalue weighted by Crippen LogP contribution is 2.19. The number of amides is 1. The van der Waals surface area contributed by atoms with Crippen molar-refractivity contribution in [2.24, 2.45) is 0 Å². The number of carbonyl (C=O) groups excluding carboxylic acids is 1. The molecule has 2 aromatic rings. The number of benzene rings is 2. The Bertz CT molecular complexity index is 854. The molecule has 0 heterocycles. The second kappa shape index (κ2) is 13.7. The van der Waals surface area contributed by atoms with Crippen molar-refractivity contribution >= 4 is 23.9 Å². The van der Waals surface area contributed by atoms with Crippen molar-refractivity contribution in [3.63, 3.8) is 0 Å². The van der Waals surface area contributed by atoms with Crippen LogP contribution < -0.4 is 9.64 Å². The fraction of sp³-hybridized carbons (Fsp3) is 0.444. The summed E-state index contributed by atoms with van der Waals surface area (Å²) in [5.74, 6) is 0.813. The highest BCUT2D eigenvalue weighted by molar-refractivity contribution is 5.87. The summed E-state index contributed by atoms with van der Waals surface area (Å²) in [6, 6.07) is 15.7. The van der Waals surface area contributed by atoms with E-state index in [1.54, 1.807) is 7.05 Å². The maximum atomic E-state index is 12.2. The Kier molecular flexibility index (Phi) is 10.9. The lowest BCUT2D eigenvalue weighted by Gasteiger charge is -2.24. The first-order valence-corrected chi connectivity index (χ1v) is 11.4. The molecule has 0 aliphatic heterocycles. The van der Waals surface area contributed by atoms with E-state index >= 15 is 0 Å². The van der Waals surface area contributed by atoms with Crippen molar-refractivity contribution in [1.82, 2.24) is 0 Å². The fourth-order valence-corrected chi connectivity index (χ4v) is 2.80. The van der Waals surface area contributed by atoms with Crippen molar-refractivity contribution in [2.45, 2.75) is 39.7 Å². The molecule has 6 heteroatoms. The highest BCUT2D eigenvalue weighted by atomic mass is 16.6. The fourth-order valence-electron chi connectivity index (χ4n) is 2.80. The van der Waals surface area contributed by atoms with Gasteiger partial charge < -0.3 is 18.9 Å². The Morgan fingerprint density at radius 2 is 1.33 bits per heavy atom. The van der Waals surface area contributed by atoms with Gasteiger partial charge >= 0.3 is 6.09 Å². The van der Waals surface area contributed by atoms with Crippen LogP contribution in [0.5, 0.6) is 5.75 Å². The third-order valence-electron chi connectivity index (χ3n) is 4.51. The van der Waals surface area contributed by atoms with Gasteiger partial charge in [-0.1, -0.05) is 43.3 Å². The number of carbonyl (C=O) groups is 1. The standard InChI is InChI=1S/C27H37NO5/c1-6-17-30-18-19-31-20-21-32-25-15-11-23(12-16-25)8-7-22-9-13-24(14-10-22)28(5)26(29)33-27(2,3)4/h7-16H,6,17-21H2,1-5H3/b8-7+. The summed E-state index contributed by atoms with van der Waals surface area (Å²) in [6.07, 6.45) is 4.71. The molecule has 0 unspecified atom stereocenters. The quantitative estimate of drug-likeness (QED) is 0.288. The van der Waals surface area contributed by atoms with E-state index in [0.29, 0.717) is 26.4 Å². The van der Waals surface area contributed by atoms with E-state index in [1.807, 2.05) is 81.5 Å². The van der Waals surface area contributed by atoms with E-state index in [1.165, 1.54) is 4.90 Å². The van der Waals surface area contributed by atoms with Gasteiger partial charge in [0, 0.05) is 19.3 Å². The third-order valence-corrected chi connectivity index (χ3v) is 4.51. The minimum absolute atomic E-state index is 0.374. The largest absolute Gasteiger partial charge is 0.491 e. The first kappa shape index (κ1) is 26.4. The van der Waals surface area contributed by atoms with Gasteiger partial charge in [0.15, 0.2) is 0 Å². The molecule has 33 heavy (non-hydrogen) atoms. The minimum atomic E-state index is -0.522. The monoisotopic (exact) mass is 455 g/mol. The first-order chi connectivity index (χ1) is 15.8. The summed E-state index contributed by atoms with van der Waals surface area (Å²) in [4.78, 5) is 13.7. The van der Waals surface area contributed by atoms with Gasteiger partial charge in [-0.3, -0.25) is 4.90 Å². The summed E-state index contributed by atoms with van der Waals surface area (Å²) in [7, 11) is 1.71. The normalized spacial score (nSPS) is 11.5. The Balaban J connectivity index is 1.77. The summed E-state index contributed by atoms with van der Waals surface area (Å²) < 4.78 is 22.0. The second-order valence-electron chi connectivity index (χ2n) is 8.61. The van der Waals surface area contributed by atoms with Crippen LogP contribution in [0.15, 0.2) is 48.5 Å². The first-order valence-electron chi connectivity index (χ1n) is 11.4. The molecule has 0 saturated heterocycles. The Hall–Kier alpha value is -2.83. The Morgan fingerprint density at radius 1 is 0.818 bits per heavy atom. The predicted octanol–water partition coefficient (Wildman–Crippen LogP) is 6.05. The molecule has 1 amide bonds. The van der Waals surface area contributed by atoms with Crippen LogP contribution in [0, 0.1) is 0 Å². The van der Waals surface area contributed by atoms with Crippen LogP contribution in [0.1, 0.15) is 45.2 Å². The van der Waals surface area contributed by atoms with Gasteiger partial charge in [0.1, 0.15) is 18.0 Å². The zero-order valence-corrected chi connectivity index (χ0v) is 20.5. The van der Waals surface area contributed by atoms with E-state index < -0.39 is 5.60 Å². The number of anilines is 1. The summed E-state index contributed by atoms with van der Waals surface area (Å²) in [6.45, 7) is 10.7. The molecular formula is C27H37NO5.